The van der Waals surface area contributed by atoms with E-state index in [9.17, 15) is 9.90 Å². The van der Waals surface area contributed by atoms with Crippen LogP contribution in [0.15, 0.2) is 12.1 Å². The van der Waals surface area contributed by atoms with Crippen molar-refractivity contribution in [2.75, 3.05) is 25.5 Å². The average Bonchev–Trinajstić information content (AvgIpc) is 3.27. The van der Waals surface area contributed by atoms with E-state index >= 15 is 0 Å². The summed E-state index contributed by atoms with van der Waals surface area (Å²) in [4.78, 5) is 19.1. The van der Waals surface area contributed by atoms with Gasteiger partial charge in [-0.15, -0.1) is 0 Å². The van der Waals surface area contributed by atoms with E-state index in [1.54, 1.807) is 23.6 Å². The van der Waals surface area contributed by atoms with E-state index in [0.717, 1.165) is 25.1 Å². The molecule has 164 valence electrons. The number of carbonyl (C=O) groups excluding carboxylic acids is 1. The topological polar surface area (TPSA) is 82.4 Å². The first-order valence-corrected chi connectivity index (χ1v) is 10.7. The predicted octanol–water partition coefficient (Wildman–Crippen LogP) is 3.78. The zero-order chi connectivity index (χ0) is 22.2. The Morgan fingerprint density at radius 1 is 1.40 bits per heavy atom. The van der Waals surface area contributed by atoms with E-state index in [4.69, 9.17) is 23.2 Å². The Kier molecular flexibility index (Phi) is 6.55. The van der Waals surface area contributed by atoms with Gasteiger partial charge in [-0.2, -0.15) is 0 Å². The minimum atomic E-state index is -0.174. The summed E-state index contributed by atoms with van der Waals surface area (Å²) in [5.74, 6) is 0.491. The summed E-state index contributed by atoms with van der Waals surface area (Å²) < 4.78 is 1.70. The maximum Gasteiger partial charge on any atom is 0.273 e. The molecule has 0 aliphatic carbocycles. The Morgan fingerprint density at radius 3 is 2.70 bits per heavy atom. The lowest BCUT2D eigenvalue weighted by atomic mass is 9.86. The van der Waals surface area contributed by atoms with Crippen molar-refractivity contribution >= 4 is 34.8 Å². The molecule has 1 fully saturated rings. The molecule has 1 unspecified atom stereocenters. The second-order valence-corrected chi connectivity index (χ2v) is 9.51. The summed E-state index contributed by atoms with van der Waals surface area (Å²) in [6.45, 7) is 8.14. The smallest absolute Gasteiger partial charge is 0.273 e. The number of likely N-dealkylation sites (N-methyl/N-ethyl adjacent to an activating group) is 1. The van der Waals surface area contributed by atoms with Crippen LogP contribution in [0.5, 0.6) is 5.75 Å². The van der Waals surface area contributed by atoms with Crippen LogP contribution in [0.1, 0.15) is 49.1 Å². The number of hydrogen-bond donors (Lipinski definition) is 3. The highest BCUT2D eigenvalue weighted by atomic mass is 35.5. The fourth-order valence-corrected chi connectivity index (χ4v) is 4.40. The predicted molar refractivity (Wildman–Crippen MR) is 121 cm³/mol. The molecule has 1 saturated heterocycles. The van der Waals surface area contributed by atoms with Gasteiger partial charge in [-0.1, -0.05) is 44.0 Å². The molecular formula is C21H29Cl2N5O2. The van der Waals surface area contributed by atoms with E-state index in [1.807, 2.05) is 6.07 Å². The molecule has 0 spiro atoms. The molecule has 2 heterocycles. The van der Waals surface area contributed by atoms with Crippen LogP contribution in [-0.4, -0.2) is 51.6 Å². The number of hydrogen-bond acceptors (Lipinski definition) is 5. The van der Waals surface area contributed by atoms with Gasteiger partial charge in [0.2, 0.25) is 0 Å². The largest absolute Gasteiger partial charge is 0.506 e. The molecule has 2 aromatic rings. The van der Waals surface area contributed by atoms with Crippen LogP contribution >= 0.6 is 23.2 Å². The number of aromatic hydroxyl groups is 1. The summed E-state index contributed by atoms with van der Waals surface area (Å²) in [7, 11) is 3.56. The summed E-state index contributed by atoms with van der Waals surface area (Å²) in [5.41, 5.74) is 1.65. The van der Waals surface area contributed by atoms with Crippen molar-refractivity contribution in [1.29, 1.82) is 0 Å². The van der Waals surface area contributed by atoms with Crippen LogP contribution in [0.3, 0.4) is 0 Å². The van der Waals surface area contributed by atoms with Crippen molar-refractivity contribution in [2.24, 2.45) is 7.05 Å². The number of aromatic nitrogens is 2. The highest BCUT2D eigenvalue weighted by Crippen LogP contribution is 2.37. The third kappa shape index (κ3) is 4.53. The molecular weight excluding hydrogens is 425 g/mol. The number of benzene rings is 1. The normalized spacial score (nSPS) is 16.7. The Labute approximate surface area is 187 Å². The number of imidazole rings is 1. The fourth-order valence-electron chi connectivity index (χ4n) is 3.65. The maximum atomic E-state index is 13.0. The Bertz CT molecular complexity index is 946. The van der Waals surface area contributed by atoms with Gasteiger partial charge in [0.15, 0.2) is 5.15 Å². The van der Waals surface area contributed by atoms with E-state index in [0.29, 0.717) is 22.2 Å². The number of phenols is 1. The minimum Gasteiger partial charge on any atom is -0.506 e. The van der Waals surface area contributed by atoms with Crippen LogP contribution in [-0.2, 0) is 19.0 Å². The highest BCUT2D eigenvalue weighted by molar-refractivity contribution is 6.32. The Hall–Kier alpha value is -1.96. The first-order chi connectivity index (χ1) is 14.0. The van der Waals surface area contributed by atoms with Gasteiger partial charge in [0.25, 0.3) is 5.91 Å². The van der Waals surface area contributed by atoms with Crippen LogP contribution in [0.25, 0.3) is 0 Å². The number of phenolic OH excluding ortho intramolecular Hbond substituents is 1. The maximum absolute atomic E-state index is 13.0. The van der Waals surface area contributed by atoms with Gasteiger partial charge >= 0.3 is 0 Å². The number of rotatable bonds is 5. The standard InChI is InChI=1S/C21H29Cl2N5O2/c1-21(2,3)13-8-15(16(29)9-14(13)22)25-11-17-26-19(23)18(28(17)5)20(30)27(4)12-6-7-24-10-12/h8-9,12,24-25,29H,6-7,10-11H2,1-5H3. The summed E-state index contributed by atoms with van der Waals surface area (Å²) >= 11 is 12.6. The van der Waals surface area contributed by atoms with Crippen molar-refractivity contribution in [3.63, 3.8) is 0 Å². The van der Waals surface area contributed by atoms with Gasteiger partial charge in [0, 0.05) is 37.8 Å². The highest BCUT2D eigenvalue weighted by Gasteiger charge is 2.29. The molecule has 1 aromatic heterocycles. The quantitative estimate of drug-likeness (QED) is 0.600. The number of amides is 1. The van der Waals surface area contributed by atoms with Gasteiger partial charge in [0.05, 0.1) is 12.2 Å². The molecule has 3 N–H and O–H groups in total. The number of nitrogens with one attached hydrogen (secondary N) is 2. The molecule has 0 bridgehead atoms. The first kappa shape index (κ1) is 22.7. The number of halogens is 2. The number of carbonyl (C=O) groups is 1. The zero-order valence-electron chi connectivity index (χ0n) is 18.0. The molecule has 1 aliphatic heterocycles. The average molecular weight is 454 g/mol. The molecule has 1 aliphatic rings. The van der Waals surface area contributed by atoms with Gasteiger partial charge < -0.3 is 25.2 Å². The van der Waals surface area contributed by atoms with Crippen LogP contribution < -0.4 is 10.6 Å². The van der Waals surface area contributed by atoms with Crippen molar-refractivity contribution in [1.82, 2.24) is 19.8 Å². The van der Waals surface area contributed by atoms with Crippen molar-refractivity contribution in [3.8, 4) is 5.75 Å². The van der Waals surface area contributed by atoms with E-state index < -0.39 is 0 Å². The van der Waals surface area contributed by atoms with Crippen LogP contribution in [0.4, 0.5) is 5.69 Å². The molecule has 1 amide bonds. The molecule has 0 radical (unpaired) electrons. The SMILES string of the molecule is CN(C(=O)c1c(Cl)nc(CNc2cc(C(C)(C)C)c(Cl)cc2O)n1C)C1CCNC1. The number of anilines is 1. The zero-order valence-corrected chi connectivity index (χ0v) is 19.5. The summed E-state index contributed by atoms with van der Waals surface area (Å²) in [6, 6.07) is 3.52. The van der Waals surface area contributed by atoms with E-state index in [-0.39, 0.29) is 34.8 Å². The van der Waals surface area contributed by atoms with Gasteiger partial charge in [0.1, 0.15) is 17.3 Å². The van der Waals surface area contributed by atoms with Crippen molar-refractivity contribution < 1.29 is 9.90 Å². The summed E-state index contributed by atoms with van der Waals surface area (Å²) in [6.07, 6.45) is 0.915. The lowest BCUT2D eigenvalue weighted by Gasteiger charge is -2.24. The Morgan fingerprint density at radius 2 is 2.10 bits per heavy atom. The molecule has 1 aromatic carbocycles. The van der Waals surface area contributed by atoms with Crippen molar-refractivity contribution in [3.05, 3.63) is 39.4 Å². The lowest BCUT2D eigenvalue weighted by Crippen LogP contribution is -2.39. The van der Waals surface area contributed by atoms with E-state index in [2.05, 4.69) is 36.4 Å². The molecule has 0 saturated carbocycles. The Balaban J connectivity index is 1.81. The molecule has 30 heavy (non-hydrogen) atoms. The van der Waals surface area contributed by atoms with Gasteiger partial charge in [-0.25, -0.2) is 4.98 Å². The third-order valence-electron chi connectivity index (χ3n) is 5.58. The number of nitrogens with zero attached hydrogens (tertiary/aromatic N) is 3. The van der Waals surface area contributed by atoms with Gasteiger partial charge in [-0.3, -0.25) is 4.79 Å². The molecule has 7 nitrogen and oxygen atoms in total. The lowest BCUT2D eigenvalue weighted by molar-refractivity contribution is 0.0734. The third-order valence-corrected chi connectivity index (χ3v) is 6.16. The second-order valence-electron chi connectivity index (χ2n) is 8.74. The van der Waals surface area contributed by atoms with E-state index in [1.165, 1.54) is 6.07 Å². The van der Waals surface area contributed by atoms with Gasteiger partial charge in [-0.05, 0) is 30.0 Å². The minimum absolute atomic E-state index is 0.0538. The fraction of sp³-hybridized carbons (Fsp3) is 0.524. The monoisotopic (exact) mass is 453 g/mol. The van der Waals surface area contributed by atoms with Crippen LogP contribution in [0.2, 0.25) is 10.2 Å². The molecule has 1 atom stereocenters. The van der Waals surface area contributed by atoms with Crippen LogP contribution in [0, 0.1) is 0 Å². The molecule has 9 heteroatoms. The summed E-state index contributed by atoms with van der Waals surface area (Å²) in [5, 5.41) is 17.4. The second kappa shape index (κ2) is 8.65. The molecule has 3 rings (SSSR count). The first-order valence-electron chi connectivity index (χ1n) is 9.96. The van der Waals surface area contributed by atoms with Crippen molar-refractivity contribution in [2.45, 2.75) is 45.2 Å².